The van der Waals surface area contributed by atoms with Crippen molar-refractivity contribution in [3.05, 3.63) is 23.4 Å². The summed E-state index contributed by atoms with van der Waals surface area (Å²) in [5.41, 5.74) is 0.959. The molecule has 0 heterocycles. The maximum atomic E-state index is 3.94. The Hall–Kier alpha value is -0.166. The highest BCUT2D eigenvalue weighted by molar-refractivity contribution is 6.87. The van der Waals surface area contributed by atoms with E-state index in [0.29, 0.717) is 5.54 Å². The first-order valence-electron chi connectivity index (χ1n) is 8.12. The van der Waals surface area contributed by atoms with E-state index >= 15 is 0 Å². The molecule has 0 spiro atoms. The third-order valence-corrected chi connectivity index (χ3v) is 10.8. The Balaban J connectivity index is 3.00. The summed E-state index contributed by atoms with van der Waals surface area (Å²) in [4.78, 5) is 7.87. The summed E-state index contributed by atoms with van der Waals surface area (Å²) in [6, 6.07) is 0. The molecule has 21 heavy (non-hydrogen) atoms. The van der Waals surface area contributed by atoms with Crippen molar-refractivity contribution in [1.29, 1.82) is 0 Å². The topological polar surface area (TPSA) is 24.1 Å². The predicted octanol–water partition coefficient (Wildman–Crippen LogP) is 4.58. The van der Waals surface area contributed by atoms with E-state index in [0.717, 1.165) is 0 Å². The fraction of sp³-hybridized carbons (Fsp3) is 0.765. The van der Waals surface area contributed by atoms with Gasteiger partial charge in [-0.3, -0.25) is 0 Å². The third-order valence-electron chi connectivity index (χ3n) is 3.80. The second kappa shape index (κ2) is 5.80. The molecule has 1 aliphatic carbocycles. The van der Waals surface area contributed by atoms with Gasteiger partial charge in [0.2, 0.25) is 0 Å². The van der Waals surface area contributed by atoms with Crippen molar-refractivity contribution in [2.24, 2.45) is 0 Å². The molecule has 1 atom stereocenters. The van der Waals surface area contributed by atoms with Crippen LogP contribution in [0.2, 0.25) is 31.7 Å². The van der Waals surface area contributed by atoms with Gasteiger partial charge in [0, 0.05) is 16.6 Å². The molecule has 4 heteroatoms. The van der Waals surface area contributed by atoms with E-state index in [-0.39, 0.29) is 11.1 Å². The van der Waals surface area contributed by atoms with Crippen molar-refractivity contribution in [3.63, 3.8) is 0 Å². The standard InChI is InChI=1S/C17H36N2Si2/c1-16(2,3)18-20(7,8)14-12-11-13-15(14)21(9,10)19-17(4,5)6/h11-14,18-19H,1-10H3. The summed E-state index contributed by atoms with van der Waals surface area (Å²) < 4.78 is 0. The highest BCUT2D eigenvalue weighted by atomic mass is 28.3. The minimum absolute atomic E-state index is 0.173. The molecular weight excluding hydrogens is 288 g/mol. The van der Waals surface area contributed by atoms with Crippen LogP contribution in [0.3, 0.4) is 0 Å². The molecule has 2 N–H and O–H groups in total. The Morgan fingerprint density at radius 2 is 1.33 bits per heavy atom. The highest BCUT2D eigenvalue weighted by Gasteiger charge is 2.43. The highest BCUT2D eigenvalue weighted by Crippen LogP contribution is 2.39. The van der Waals surface area contributed by atoms with E-state index in [4.69, 9.17) is 0 Å². The maximum Gasteiger partial charge on any atom is 0.148 e. The molecule has 1 unspecified atom stereocenters. The molecule has 0 aromatic heterocycles. The van der Waals surface area contributed by atoms with Crippen molar-refractivity contribution in [3.8, 4) is 0 Å². The fourth-order valence-electron chi connectivity index (χ4n) is 3.76. The molecule has 0 saturated heterocycles. The van der Waals surface area contributed by atoms with E-state index < -0.39 is 16.5 Å². The van der Waals surface area contributed by atoms with E-state index in [9.17, 15) is 0 Å². The summed E-state index contributed by atoms with van der Waals surface area (Å²) in [6.07, 6.45) is 7.09. The van der Waals surface area contributed by atoms with Crippen molar-refractivity contribution in [2.45, 2.75) is 84.3 Å². The lowest BCUT2D eigenvalue weighted by Gasteiger charge is -2.43. The molecule has 0 saturated carbocycles. The molecule has 2 nitrogen and oxygen atoms in total. The number of rotatable bonds is 4. The zero-order chi connectivity index (χ0) is 16.7. The average molecular weight is 325 g/mol. The van der Waals surface area contributed by atoms with Gasteiger partial charge in [0.1, 0.15) is 16.5 Å². The molecule has 122 valence electrons. The van der Waals surface area contributed by atoms with E-state index in [1.54, 1.807) is 5.20 Å². The van der Waals surface area contributed by atoms with Crippen LogP contribution in [0, 0.1) is 0 Å². The van der Waals surface area contributed by atoms with Gasteiger partial charge in [0.05, 0.1) is 0 Å². The van der Waals surface area contributed by atoms with Gasteiger partial charge < -0.3 is 9.96 Å². The van der Waals surface area contributed by atoms with Crippen molar-refractivity contribution in [2.75, 3.05) is 0 Å². The number of hydrogen-bond acceptors (Lipinski definition) is 2. The van der Waals surface area contributed by atoms with Gasteiger partial charge in [-0.15, -0.1) is 0 Å². The number of nitrogens with one attached hydrogen (secondary N) is 2. The van der Waals surface area contributed by atoms with Crippen LogP contribution in [0.5, 0.6) is 0 Å². The zero-order valence-corrected chi connectivity index (χ0v) is 17.8. The largest absolute Gasteiger partial charge is 0.332 e. The van der Waals surface area contributed by atoms with E-state index in [1.165, 1.54) is 0 Å². The van der Waals surface area contributed by atoms with Gasteiger partial charge in [-0.05, 0) is 41.5 Å². The normalized spacial score (nSPS) is 20.9. The predicted molar refractivity (Wildman–Crippen MR) is 102 cm³/mol. The molecule has 0 fully saturated rings. The second-order valence-corrected chi connectivity index (χ2v) is 18.0. The van der Waals surface area contributed by atoms with Gasteiger partial charge in [0.25, 0.3) is 0 Å². The molecule has 0 bridgehead atoms. The van der Waals surface area contributed by atoms with Crippen molar-refractivity contribution < 1.29 is 0 Å². The first-order valence-corrected chi connectivity index (χ1v) is 14.2. The lowest BCUT2D eigenvalue weighted by Crippen LogP contribution is -2.61. The van der Waals surface area contributed by atoms with Crippen LogP contribution in [-0.4, -0.2) is 27.5 Å². The maximum absolute atomic E-state index is 3.94. The van der Waals surface area contributed by atoms with Crippen LogP contribution in [0.1, 0.15) is 41.5 Å². The van der Waals surface area contributed by atoms with Gasteiger partial charge in [-0.2, -0.15) is 0 Å². The summed E-state index contributed by atoms with van der Waals surface area (Å²) in [6.45, 7) is 23.5. The van der Waals surface area contributed by atoms with Crippen molar-refractivity contribution in [1.82, 2.24) is 9.96 Å². The van der Waals surface area contributed by atoms with Crippen molar-refractivity contribution >= 4 is 16.5 Å². The minimum Gasteiger partial charge on any atom is -0.332 e. The molecule has 0 radical (unpaired) electrons. The summed E-state index contributed by atoms with van der Waals surface area (Å²) in [5.74, 6) is 0. The molecule has 0 aromatic rings. The molecule has 1 rings (SSSR count). The van der Waals surface area contributed by atoms with Gasteiger partial charge >= 0.3 is 0 Å². The SMILES string of the molecule is CC(C)(C)N[Si](C)(C)C1=CC=CC1[Si](C)(C)NC(C)(C)C. The first-order chi connectivity index (χ1) is 9.14. The summed E-state index contributed by atoms with van der Waals surface area (Å²) in [7, 11) is -3.17. The Morgan fingerprint density at radius 1 is 0.857 bits per heavy atom. The van der Waals surface area contributed by atoms with Crippen LogP contribution in [0.4, 0.5) is 0 Å². The van der Waals surface area contributed by atoms with Gasteiger partial charge in [-0.25, -0.2) is 0 Å². The molecule has 0 aliphatic heterocycles. The van der Waals surface area contributed by atoms with Gasteiger partial charge in [0.15, 0.2) is 0 Å². The van der Waals surface area contributed by atoms with Crippen LogP contribution in [-0.2, 0) is 0 Å². The molecular formula is C17H36N2Si2. The number of hydrogen-bond donors (Lipinski definition) is 2. The monoisotopic (exact) mass is 324 g/mol. The molecule has 0 amide bonds. The Labute approximate surface area is 134 Å². The quantitative estimate of drug-likeness (QED) is 0.740. The van der Waals surface area contributed by atoms with Gasteiger partial charge in [-0.1, -0.05) is 49.6 Å². The Bertz CT molecular complexity index is 435. The number of allylic oxidation sites excluding steroid dienone is 4. The lowest BCUT2D eigenvalue weighted by atomic mass is 10.1. The smallest absolute Gasteiger partial charge is 0.148 e. The van der Waals surface area contributed by atoms with E-state index in [1.807, 2.05) is 0 Å². The van der Waals surface area contributed by atoms with Crippen LogP contribution < -0.4 is 9.96 Å². The average Bonchev–Trinajstić information content (AvgIpc) is 2.57. The van der Waals surface area contributed by atoms with Crippen LogP contribution in [0.15, 0.2) is 23.4 Å². The van der Waals surface area contributed by atoms with E-state index in [2.05, 4.69) is 95.9 Å². The van der Waals surface area contributed by atoms with Crippen LogP contribution >= 0.6 is 0 Å². The Kier molecular flexibility index (Phi) is 5.21. The van der Waals surface area contributed by atoms with Crippen LogP contribution in [0.25, 0.3) is 0 Å². The Morgan fingerprint density at radius 3 is 1.76 bits per heavy atom. The fourth-order valence-corrected chi connectivity index (χ4v) is 12.9. The lowest BCUT2D eigenvalue weighted by molar-refractivity contribution is 0.507. The third kappa shape index (κ3) is 5.51. The zero-order valence-electron chi connectivity index (χ0n) is 15.8. The second-order valence-electron chi connectivity index (χ2n) is 9.58. The summed E-state index contributed by atoms with van der Waals surface area (Å²) >= 11 is 0. The first kappa shape index (κ1) is 18.9. The molecule has 0 aromatic carbocycles. The minimum atomic E-state index is -1.61. The molecule has 1 aliphatic rings. The summed E-state index contributed by atoms with van der Waals surface area (Å²) in [5, 5.41) is 1.66.